The van der Waals surface area contributed by atoms with Gasteiger partial charge in [-0.05, 0) is 40.5 Å². The van der Waals surface area contributed by atoms with Crippen LogP contribution in [0.3, 0.4) is 0 Å². The Bertz CT molecular complexity index is 758. The van der Waals surface area contributed by atoms with E-state index in [9.17, 15) is 4.79 Å². The summed E-state index contributed by atoms with van der Waals surface area (Å²) in [5.74, 6) is 1.47. The summed E-state index contributed by atoms with van der Waals surface area (Å²) in [6, 6.07) is 5.01. The van der Waals surface area contributed by atoms with Crippen molar-refractivity contribution in [3.63, 3.8) is 0 Å². The van der Waals surface area contributed by atoms with Gasteiger partial charge in [-0.2, -0.15) is 5.10 Å². The Morgan fingerprint density at radius 1 is 1.32 bits per heavy atom. The molecule has 0 unspecified atom stereocenters. The summed E-state index contributed by atoms with van der Waals surface area (Å²) in [7, 11) is 3.13. The molecule has 0 spiro atoms. The van der Waals surface area contributed by atoms with Gasteiger partial charge < -0.3 is 9.47 Å². The van der Waals surface area contributed by atoms with Gasteiger partial charge in [0.2, 0.25) is 5.95 Å². The van der Waals surface area contributed by atoms with Crippen molar-refractivity contribution in [2.75, 3.05) is 19.6 Å². The average Bonchev–Trinajstić information content (AvgIpc) is 2.45. The molecule has 0 saturated heterocycles. The van der Waals surface area contributed by atoms with Crippen LogP contribution in [-0.2, 0) is 0 Å². The number of ether oxygens (including phenoxy) is 2. The quantitative estimate of drug-likeness (QED) is 0.625. The summed E-state index contributed by atoms with van der Waals surface area (Å²) < 4.78 is 11.2. The standard InChI is InChI=1S/C14H15BrN4O3/c1-8-4-12(20)18-14(17-8)19-16-7-9-5-10(15)13(22-3)11(6-9)21-2/h4-7H,1-3H3,(H2,17,18,19,20)/b16-7-. The molecule has 1 heterocycles. The first-order chi connectivity index (χ1) is 10.5. The highest BCUT2D eigenvalue weighted by atomic mass is 79.9. The van der Waals surface area contributed by atoms with Crippen molar-refractivity contribution < 1.29 is 9.47 Å². The van der Waals surface area contributed by atoms with Gasteiger partial charge in [0.05, 0.1) is 24.9 Å². The third-order valence-electron chi connectivity index (χ3n) is 2.71. The van der Waals surface area contributed by atoms with Crippen LogP contribution in [0.15, 0.2) is 32.6 Å². The molecule has 0 radical (unpaired) electrons. The Hall–Kier alpha value is -2.35. The lowest BCUT2D eigenvalue weighted by molar-refractivity contribution is 0.353. The maximum atomic E-state index is 11.3. The molecule has 0 bridgehead atoms. The molecule has 0 aliphatic rings. The maximum Gasteiger partial charge on any atom is 0.252 e. The molecule has 0 fully saturated rings. The van der Waals surface area contributed by atoms with Crippen molar-refractivity contribution in [1.29, 1.82) is 0 Å². The molecule has 0 amide bonds. The highest BCUT2D eigenvalue weighted by Crippen LogP contribution is 2.35. The van der Waals surface area contributed by atoms with Gasteiger partial charge in [-0.15, -0.1) is 0 Å². The molecule has 1 aromatic carbocycles. The summed E-state index contributed by atoms with van der Waals surface area (Å²) >= 11 is 3.41. The van der Waals surface area contributed by atoms with Crippen LogP contribution in [0.1, 0.15) is 11.3 Å². The second-order valence-electron chi connectivity index (χ2n) is 4.34. The number of aromatic amines is 1. The zero-order valence-corrected chi connectivity index (χ0v) is 13.9. The van der Waals surface area contributed by atoms with Gasteiger partial charge in [-0.3, -0.25) is 9.78 Å². The molecule has 7 nitrogen and oxygen atoms in total. The van der Waals surface area contributed by atoms with E-state index in [-0.39, 0.29) is 11.5 Å². The number of hydrazone groups is 1. The molecule has 1 aromatic heterocycles. The predicted molar refractivity (Wildman–Crippen MR) is 88.1 cm³/mol. The summed E-state index contributed by atoms with van der Waals surface area (Å²) in [5.41, 5.74) is 3.83. The lowest BCUT2D eigenvalue weighted by atomic mass is 10.2. The van der Waals surface area contributed by atoms with Gasteiger partial charge in [0.15, 0.2) is 11.5 Å². The first-order valence-electron chi connectivity index (χ1n) is 6.32. The molecule has 0 aliphatic carbocycles. The lowest BCUT2D eigenvalue weighted by Crippen LogP contribution is -2.10. The van der Waals surface area contributed by atoms with Crippen LogP contribution in [0.2, 0.25) is 0 Å². The molecule has 2 aromatic rings. The van der Waals surface area contributed by atoms with E-state index < -0.39 is 0 Å². The zero-order valence-electron chi connectivity index (χ0n) is 12.3. The van der Waals surface area contributed by atoms with Crippen molar-refractivity contribution in [3.05, 3.63) is 44.3 Å². The van der Waals surface area contributed by atoms with E-state index in [0.29, 0.717) is 17.2 Å². The van der Waals surface area contributed by atoms with Gasteiger partial charge >= 0.3 is 0 Å². The van der Waals surface area contributed by atoms with Crippen LogP contribution in [-0.4, -0.2) is 30.4 Å². The lowest BCUT2D eigenvalue weighted by Gasteiger charge is -2.10. The number of hydrogen-bond donors (Lipinski definition) is 2. The van der Waals surface area contributed by atoms with E-state index in [0.717, 1.165) is 10.0 Å². The Morgan fingerprint density at radius 2 is 2.09 bits per heavy atom. The second-order valence-corrected chi connectivity index (χ2v) is 5.20. The van der Waals surface area contributed by atoms with Crippen molar-refractivity contribution in [3.8, 4) is 11.5 Å². The van der Waals surface area contributed by atoms with Crippen LogP contribution < -0.4 is 20.5 Å². The van der Waals surface area contributed by atoms with Gasteiger partial charge in [-0.25, -0.2) is 10.4 Å². The number of anilines is 1. The number of aromatic nitrogens is 2. The minimum Gasteiger partial charge on any atom is -0.493 e. The molecular weight excluding hydrogens is 352 g/mol. The van der Waals surface area contributed by atoms with E-state index in [1.54, 1.807) is 33.4 Å². The Labute approximate surface area is 135 Å². The average molecular weight is 367 g/mol. The van der Waals surface area contributed by atoms with Gasteiger partial charge in [0.1, 0.15) is 0 Å². The van der Waals surface area contributed by atoms with E-state index in [1.165, 1.54) is 6.07 Å². The highest BCUT2D eigenvalue weighted by molar-refractivity contribution is 9.10. The number of halogens is 1. The normalized spacial score (nSPS) is 10.7. The number of nitrogens with zero attached hydrogens (tertiary/aromatic N) is 2. The Kier molecular flexibility index (Phi) is 5.16. The molecule has 22 heavy (non-hydrogen) atoms. The second kappa shape index (κ2) is 7.08. The third-order valence-corrected chi connectivity index (χ3v) is 3.30. The van der Waals surface area contributed by atoms with Crippen LogP contribution >= 0.6 is 15.9 Å². The van der Waals surface area contributed by atoms with Crippen molar-refractivity contribution in [2.24, 2.45) is 5.10 Å². The van der Waals surface area contributed by atoms with Crippen molar-refractivity contribution >= 4 is 28.1 Å². The molecule has 0 atom stereocenters. The molecule has 116 valence electrons. The SMILES string of the molecule is COc1cc(/C=N\Nc2nc(C)cc(=O)[nH]2)cc(Br)c1OC. The van der Waals surface area contributed by atoms with E-state index in [1.807, 2.05) is 6.07 Å². The fraction of sp³-hybridized carbons (Fsp3) is 0.214. The Morgan fingerprint density at radius 3 is 2.73 bits per heavy atom. The van der Waals surface area contributed by atoms with Crippen LogP contribution in [0.4, 0.5) is 5.95 Å². The molecular formula is C14H15BrN4O3. The number of rotatable bonds is 5. The van der Waals surface area contributed by atoms with Crippen molar-refractivity contribution in [1.82, 2.24) is 9.97 Å². The number of aryl methyl sites for hydroxylation is 1. The number of nitrogens with one attached hydrogen (secondary N) is 2. The first-order valence-corrected chi connectivity index (χ1v) is 7.11. The molecule has 2 N–H and O–H groups in total. The number of benzene rings is 1. The van der Waals surface area contributed by atoms with Gasteiger partial charge in [0, 0.05) is 11.8 Å². The third kappa shape index (κ3) is 3.85. The summed E-state index contributed by atoms with van der Waals surface area (Å²) in [4.78, 5) is 18.0. The maximum absolute atomic E-state index is 11.3. The topological polar surface area (TPSA) is 88.6 Å². The smallest absolute Gasteiger partial charge is 0.252 e. The minimum atomic E-state index is -0.237. The fourth-order valence-electron chi connectivity index (χ4n) is 1.81. The van der Waals surface area contributed by atoms with Crippen molar-refractivity contribution in [2.45, 2.75) is 6.92 Å². The number of methoxy groups -OCH3 is 2. The van der Waals surface area contributed by atoms with Crippen LogP contribution in [0.25, 0.3) is 0 Å². The predicted octanol–water partition coefficient (Wildman–Crippen LogP) is 2.30. The monoisotopic (exact) mass is 366 g/mol. The highest BCUT2D eigenvalue weighted by Gasteiger charge is 2.09. The van der Waals surface area contributed by atoms with Gasteiger partial charge in [0.25, 0.3) is 5.56 Å². The fourth-order valence-corrected chi connectivity index (χ4v) is 2.43. The largest absolute Gasteiger partial charge is 0.493 e. The number of hydrogen-bond acceptors (Lipinski definition) is 6. The van der Waals surface area contributed by atoms with Crippen LogP contribution in [0.5, 0.6) is 11.5 Å². The minimum absolute atomic E-state index is 0.237. The molecule has 8 heteroatoms. The summed E-state index contributed by atoms with van der Waals surface area (Å²) in [6.45, 7) is 1.73. The summed E-state index contributed by atoms with van der Waals surface area (Å²) in [5, 5.41) is 4.04. The van der Waals surface area contributed by atoms with Crippen LogP contribution in [0, 0.1) is 6.92 Å². The summed E-state index contributed by atoms with van der Waals surface area (Å²) in [6.07, 6.45) is 1.58. The van der Waals surface area contributed by atoms with E-state index in [2.05, 4.69) is 36.4 Å². The number of H-pyrrole nitrogens is 1. The van der Waals surface area contributed by atoms with Gasteiger partial charge in [-0.1, -0.05) is 0 Å². The molecule has 0 saturated carbocycles. The molecule has 2 rings (SSSR count). The molecule has 0 aliphatic heterocycles. The zero-order chi connectivity index (χ0) is 16.1. The van der Waals surface area contributed by atoms with E-state index in [4.69, 9.17) is 9.47 Å². The van der Waals surface area contributed by atoms with E-state index >= 15 is 0 Å². The Balaban J connectivity index is 2.19. The first kappa shape index (κ1) is 16.0.